The fourth-order valence-corrected chi connectivity index (χ4v) is 3.07. The van der Waals surface area contributed by atoms with Crippen LogP contribution in [0.2, 0.25) is 10.0 Å². The molecule has 102 valence electrons. The average Bonchev–Trinajstić information content (AvgIpc) is 2.28. The van der Waals surface area contributed by atoms with Gasteiger partial charge in [-0.25, -0.2) is 13.1 Å². The van der Waals surface area contributed by atoms with Crippen LogP contribution in [0.15, 0.2) is 23.1 Å². The molecule has 1 rings (SSSR count). The first kappa shape index (κ1) is 15.7. The number of nitrogens with two attached hydrogens (primary N) is 1. The molecule has 0 heterocycles. The first-order chi connectivity index (χ1) is 8.47. The monoisotopic (exact) mass is 311 g/mol. The molecule has 0 aliphatic heterocycles. The van der Waals surface area contributed by atoms with Crippen LogP contribution >= 0.6 is 23.2 Å². The third kappa shape index (κ3) is 4.72. The second-order valence-corrected chi connectivity index (χ2v) is 6.09. The van der Waals surface area contributed by atoms with Crippen molar-refractivity contribution in [3.05, 3.63) is 28.2 Å². The molecule has 0 fully saturated rings. The van der Waals surface area contributed by atoms with E-state index >= 15 is 0 Å². The first-order valence-electron chi connectivity index (χ1n) is 5.33. The molecule has 0 bridgehead atoms. The highest BCUT2D eigenvalue weighted by atomic mass is 35.5. The molecular formula is C10H15Cl2N3O2S. The average molecular weight is 312 g/mol. The van der Waals surface area contributed by atoms with Crippen molar-refractivity contribution in [3.8, 4) is 0 Å². The number of hydrogen-bond donors (Lipinski definition) is 3. The Bertz CT molecular complexity index is 494. The third-order valence-electron chi connectivity index (χ3n) is 2.10. The predicted molar refractivity (Wildman–Crippen MR) is 73.6 cm³/mol. The maximum absolute atomic E-state index is 11.9. The van der Waals surface area contributed by atoms with Crippen LogP contribution in [-0.2, 0) is 10.0 Å². The third-order valence-corrected chi connectivity index (χ3v) is 4.28. The Kier molecular flexibility index (Phi) is 6.34. The fourth-order valence-electron chi connectivity index (χ4n) is 1.27. The molecule has 1 aromatic carbocycles. The SMILES string of the molecule is NCCNCCNS(=O)(=O)c1ccc(Cl)cc1Cl. The van der Waals surface area contributed by atoms with Gasteiger partial charge in [0.15, 0.2) is 0 Å². The van der Waals surface area contributed by atoms with Crippen LogP contribution < -0.4 is 15.8 Å². The van der Waals surface area contributed by atoms with Gasteiger partial charge in [-0.2, -0.15) is 0 Å². The molecule has 0 amide bonds. The highest BCUT2D eigenvalue weighted by Gasteiger charge is 2.17. The zero-order chi connectivity index (χ0) is 13.6. The summed E-state index contributed by atoms with van der Waals surface area (Å²) >= 11 is 11.5. The summed E-state index contributed by atoms with van der Waals surface area (Å²) in [6.07, 6.45) is 0. The van der Waals surface area contributed by atoms with E-state index in [9.17, 15) is 8.42 Å². The van der Waals surface area contributed by atoms with Crippen LogP contribution in [0.25, 0.3) is 0 Å². The van der Waals surface area contributed by atoms with E-state index in [0.717, 1.165) is 0 Å². The van der Waals surface area contributed by atoms with E-state index < -0.39 is 10.0 Å². The Hall–Kier alpha value is -0.370. The van der Waals surface area contributed by atoms with E-state index in [1.54, 1.807) is 0 Å². The Morgan fingerprint density at radius 1 is 1.17 bits per heavy atom. The van der Waals surface area contributed by atoms with Gasteiger partial charge in [-0.15, -0.1) is 0 Å². The van der Waals surface area contributed by atoms with Gasteiger partial charge in [0, 0.05) is 31.2 Å². The molecule has 8 heteroatoms. The van der Waals surface area contributed by atoms with Crippen LogP contribution in [0.3, 0.4) is 0 Å². The van der Waals surface area contributed by atoms with Crippen molar-refractivity contribution in [2.45, 2.75) is 4.90 Å². The Labute approximate surface area is 117 Å². The van der Waals surface area contributed by atoms with Gasteiger partial charge in [0.2, 0.25) is 10.0 Å². The van der Waals surface area contributed by atoms with Crippen LogP contribution in [0.4, 0.5) is 0 Å². The Balaban J connectivity index is 2.63. The normalized spacial score (nSPS) is 11.7. The number of hydrogen-bond acceptors (Lipinski definition) is 4. The Morgan fingerprint density at radius 3 is 2.50 bits per heavy atom. The van der Waals surface area contributed by atoms with E-state index in [1.165, 1.54) is 18.2 Å². The minimum atomic E-state index is -3.61. The van der Waals surface area contributed by atoms with Gasteiger partial charge in [0.05, 0.1) is 5.02 Å². The summed E-state index contributed by atoms with van der Waals surface area (Å²) in [6, 6.07) is 4.25. The molecule has 0 aliphatic rings. The molecule has 18 heavy (non-hydrogen) atoms. The van der Waals surface area contributed by atoms with Gasteiger partial charge in [0.1, 0.15) is 4.90 Å². The van der Waals surface area contributed by atoms with E-state index in [4.69, 9.17) is 28.9 Å². The van der Waals surface area contributed by atoms with E-state index in [2.05, 4.69) is 10.0 Å². The van der Waals surface area contributed by atoms with Gasteiger partial charge in [-0.1, -0.05) is 23.2 Å². The largest absolute Gasteiger partial charge is 0.329 e. The molecule has 0 aromatic heterocycles. The molecule has 1 aromatic rings. The molecular weight excluding hydrogens is 297 g/mol. The molecule has 0 atom stereocenters. The molecule has 0 unspecified atom stereocenters. The summed E-state index contributed by atoms with van der Waals surface area (Å²) in [5, 5.41) is 3.47. The molecule has 4 N–H and O–H groups in total. The summed E-state index contributed by atoms with van der Waals surface area (Å²) in [5.41, 5.74) is 5.29. The zero-order valence-corrected chi connectivity index (χ0v) is 11.9. The minimum Gasteiger partial charge on any atom is -0.329 e. The lowest BCUT2D eigenvalue weighted by molar-refractivity contribution is 0.576. The van der Waals surface area contributed by atoms with Crippen molar-refractivity contribution in [2.75, 3.05) is 26.2 Å². The van der Waals surface area contributed by atoms with Gasteiger partial charge >= 0.3 is 0 Å². The van der Waals surface area contributed by atoms with Crippen molar-refractivity contribution in [1.82, 2.24) is 10.0 Å². The van der Waals surface area contributed by atoms with Crippen LogP contribution in [0.5, 0.6) is 0 Å². The number of rotatable bonds is 7. The van der Waals surface area contributed by atoms with Crippen LogP contribution in [0, 0.1) is 0 Å². The number of halogens is 2. The first-order valence-corrected chi connectivity index (χ1v) is 7.57. The highest BCUT2D eigenvalue weighted by molar-refractivity contribution is 7.89. The summed E-state index contributed by atoms with van der Waals surface area (Å²) in [5.74, 6) is 0. The fraction of sp³-hybridized carbons (Fsp3) is 0.400. The Morgan fingerprint density at radius 2 is 1.89 bits per heavy atom. The van der Waals surface area contributed by atoms with Crippen LogP contribution in [-0.4, -0.2) is 34.6 Å². The van der Waals surface area contributed by atoms with Gasteiger partial charge in [-0.05, 0) is 18.2 Å². The summed E-state index contributed by atoms with van der Waals surface area (Å²) in [6.45, 7) is 1.92. The van der Waals surface area contributed by atoms with Crippen molar-refractivity contribution < 1.29 is 8.42 Å². The zero-order valence-electron chi connectivity index (χ0n) is 9.62. The molecule has 0 aliphatic carbocycles. The summed E-state index contributed by atoms with van der Waals surface area (Å²) in [4.78, 5) is 0.0207. The smallest absolute Gasteiger partial charge is 0.242 e. The molecule has 5 nitrogen and oxygen atoms in total. The second-order valence-electron chi connectivity index (χ2n) is 3.51. The lowest BCUT2D eigenvalue weighted by atomic mass is 10.4. The van der Waals surface area contributed by atoms with Crippen molar-refractivity contribution in [3.63, 3.8) is 0 Å². The number of nitrogens with one attached hydrogen (secondary N) is 2. The summed E-state index contributed by atoms with van der Waals surface area (Å²) < 4.78 is 26.2. The minimum absolute atomic E-state index is 0.0207. The second kappa shape index (κ2) is 7.28. The lowest BCUT2D eigenvalue weighted by Gasteiger charge is -2.09. The molecule has 0 radical (unpaired) electrons. The van der Waals surface area contributed by atoms with Crippen molar-refractivity contribution in [1.29, 1.82) is 0 Å². The van der Waals surface area contributed by atoms with Crippen molar-refractivity contribution >= 4 is 33.2 Å². The van der Waals surface area contributed by atoms with E-state index in [1.807, 2.05) is 0 Å². The van der Waals surface area contributed by atoms with E-state index in [0.29, 0.717) is 24.7 Å². The number of benzene rings is 1. The highest BCUT2D eigenvalue weighted by Crippen LogP contribution is 2.24. The molecule has 0 saturated heterocycles. The maximum atomic E-state index is 11.9. The number of sulfonamides is 1. The predicted octanol–water partition coefficient (Wildman–Crippen LogP) is 0.820. The van der Waals surface area contributed by atoms with Gasteiger partial charge in [-0.3, -0.25) is 0 Å². The van der Waals surface area contributed by atoms with Crippen molar-refractivity contribution in [2.24, 2.45) is 5.73 Å². The topological polar surface area (TPSA) is 84.2 Å². The summed E-state index contributed by atoms with van der Waals surface area (Å²) in [7, 11) is -3.61. The molecule has 0 saturated carbocycles. The standard InChI is InChI=1S/C10H15Cl2N3O2S/c11-8-1-2-10(9(12)7-8)18(16,17)15-6-5-14-4-3-13/h1-2,7,14-15H,3-6,13H2. The lowest BCUT2D eigenvalue weighted by Crippen LogP contribution is -2.33. The molecule has 0 spiro atoms. The van der Waals surface area contributed by atoms with Crippen LogP contribution in [0.1, 0.15) is 0 Å². The maximum Gasteiger partial charge on any atom is 0.242 e. The van der Waals surface area contributed by atoms with Gasteiger partial charge in [0.25, 0.3) is 0 Å². The van der Waals surface area contributed by atoms with Gasteiger partial charge < -0.3 is 11.1 Å². The van der Waals surface area contributed by atoms with E-state index in [-0.39, 0.29) is 16.5 Å². The quantitative estimate of drug-likeness (QED) is 0.651.